The third kappa shape index (κ3) is 3.30. The zero-order chi connectivity index (χ0) is 9.90. The molecule has 1 heteroatoms. The van der Waals surface area contributed by atoms with Crippen molar-refractivity contribution in [3.05, 3.63) is 0 Å². The molecule has 0 aliphatic heterocycles. The van der Waals surface area contributed by atoms with Crippen LogP contribution in [0.2, 0.25) is 0 Å². The van der Waals surface area contributed by atoms with Gasteiger partial charge in [0.15, 0.2) is 0 Å². The minimum Gasteiger partial charge on any atom is -0.311 e. The maximum Gasteiger partial charge on any atom is 0.0153 e. The van der Waals surface area contributed by atoms with Gasteiger partial charge in [-0.05, 0) is 45.1 Å². The summed E-state index contributed by atoms with van der Waals surface area (Å²) in [5.41, 5.74) is 0.362. The number of rotatable bonds is 4. The smallest absolute Gasteiger partial charge is 0.0153 e. The second-order valence-corrected chi connectivity index (χ2v) is 5.48. The van der Waals surface area contributed by atoms with Crippen LogP contribution in [-0.2, 0) is 0 Å². The third-order valence-electron chi connectivity index (χ3n) is 3.34. The largest absolute Gasteiger partial charge is 0.311 e. The summed E-state index contributed by atoms with van der Waals surface area (Å²) in [6, 6.07) is 0. The summed E-state index contributed by atoms with van der Waals surface area (Å²) in [6.45, 7) is 10.4. The Hall–Kier alpha value is -0.0400. The first-order valence-corrected chi connectivity index (χ1v) is 5.77. The molecule has 0 spiro atoms. The molecule has 1 N–H and O–H groups in total. The lowest BCUT2D eigenvalue weighted by molar-refractivity contribution is 0.247. The molecule has 1 aliphatic rings. The first kappa shape index (κ1) is 11.0. The molecule has 0 radical (unpaired) electrons. The van der Waals surface area contributed by atoms with Crippen molar-refractivity contribution >= 4 is 0 Å². The molecule has 1 rings (SSSR count). The van der Waals surface area contributed by atoms with E-state index in [0.717, 1.165) is 18.4 Å². The molecular formula is C12H25N. The average Bonchev–Trinajstić information content (AvgIpc) is 2.53. The van der Waals surface area contributed by atoms with Crippen LogP contribution in [0.5, 0.6) is 0 Å². The summed E-state index contributed by atoms with van der Waals surface area (Å²) in [5, 5.41) is 3.70. The lowest BCUT2D eigenvalue weighted by Crippen LogP contribution is -2.46. The topological polar surface area (TPSA) is 12.0 Å². The fraction of sp³-hybridized carbons (Fsp3) is 1.00. The van der Waals surface area contributed by atoms with Crippen molar-refractivity contribution in [3.63, 3.8) is 0 Å². The molecule has 1 nitrogen and oxygen atoms in total. The van der Waals surface area contributed by atoms with Crippen LogP contribution in [0.25, 0.3) is 0 Å². The normalized spacial score (nSPS) is 20.1. The molecule has 13 heavy (non-hydrogen) atoms. The van der Waals surface area contributed by atoms with Gasteiger partial charge in [-0.25, -0.2) is 0 Å². The summed E-state index contributed by atoms with van der Waals surface area (Å²) in [7, 11) is 0. The van der Waals surface area contributed by atoms with Crippen molar-refractivity contribution in [2.24, 2.45) is 11.8 Å². The highest BCUT2D eigenvalue weighted by Gasteiger charge is 2.30. The van der Waals surface area contributed by atoms with Crippen molar-refractivity contribution < 1.29 is 0 Å². The van der Waals surface area contributed by atoms with E-state index in [9.17, 15) is 0 Å². The maximum atomic E-state index is 3.70. The molecule has 0 atom stereocenters. The molecule has 0 heterocycles. The van der Waals surface area contributed by atoms with Gasteiger partial charge in [0.2, 0.25) is 0 Å². The fourth-order valence-electron chi connectivity index (χ4n) is 2.26. The Bertz CT molecular complexity index is 143. The van der Waals surface area contributed by atoms with Gasteiger partial charge in [0.1, 0.15) is 0 Å². The zero-order valence-corrected chi connectivity index (χ0v) is 9.69. The van der Waals surface area contributed by atoms with Crippen LogP contribution in [0.4, 0.5) is 0 Å². The monoisotopic (exact) mass is 183 g/mol. The van der Waals surface area contributed by atoms with Gasteiger partial charge < -0.3 is 5.32 Å². The Morgan fingerprint density at radius 1 is 1.23 bits per heavy atom. The van der Waals surface area contributed by atoms with Gasteiger partial charge in [0.05, 0.1) is 0 Å². The molecule has 0 amide bonds. The number of nitrogens with one attached hydrogen (secondary N) is 1. The summed E-state index contributed by atoms with van der Waals surface area (Å²) in [5.74, 6) is 1.67. The fourth-order valence-corrected chi connectivity index (χ4v) is 2.26. The van der Waals surface area contributed by atoms with Crippen LogP contribution in [0.3, 0.4) is 0 Å². The summed E-state index contributed by atoms with van der Waals surface area (Å²) < 4.78 is 0. The van der Waals surface area contributed by atoms with Crippen LogP contribution in [0, 0.1) is 11.8 Å². The summed E-state index contributed by atoms with van der Waals surface area (Å²) in [4.78, 5) is 0. The Kier molecular flexibility index (Phi) is 3.78. The van der Waals surface area contributed by atoms with Gasteiger partial charge in [-0.3, -0.25) is 0 Å². The Morgan fingerprint density at radius 2 is 1.77 bits per heavy atom. The quantitative estimate of drug-likeness (QED) is 0.706. The first-order valence-electron chi connectivity index (χ1n) is 5.77. The predicted molar refractivity (Wildman–Crippen MR) is 58.9 cm³/mol. The molecule has 1 aliphatic carbocycles. The van der Waals surface area contributed by atoms with Crippen molar-refractivity contribution in [3.8, 4) is 0 Å². The van der Waals surface area contributed by atoms with E-state index in [2.05, 4.69) is 33.0 Å². The van der Waals surface area contributed by atoms with E-state index < -0.39 is 0 Å². The van der Waals surface area contributed by atoms with E-state index in [4.69, 9.17) is 0 Å². The average molecular weight is 183 g/mol. The first-order chi connectivity index (χ1) is 6.02. The maximum absolute atomic E-state index is 3.70. The van der Waals surface area contributed by atoms with Crippen LogP contribution in [0.15, 0.2) is 0 Å². The molecule has 0 saturated heterocycles. The second-order valence-electron chi connectivity index (χ2n) is 5.48. The number of hydrogen-bond donors (Lipinski definition) is 1. The highest BCUT2D eigenvalue weighted by atomic mass is 15.0. The van der Waals surface area contributed by atoms with Crippen LogP contribution in [0.1, 0.15) is 53.4 Å². The van der Waals surface area contributed by atoms with E-state index in [1.165, 1.54) is 25.7 Å². The van der Waals surface area contributed by atoms with E-state index in [0.29, 0.717) is 5.54 Å². The molecule has 1 fully saturated rings. The van der Waals surface area contributed by atoms with Crippen LogP contribution < -0.4 is 5.32 Å². The minimum absolute atomic E-state index is 0.362. The molecule has 0 aromatic heterocycles. The third-order valence-corrected chi connectivity index (χ3v) is 3.34. The predicted octanol–water partition coefficient (Wildman–Crippen LogP) is 3.20. The molecular weight excluding hydrogens is 158 g/mol. The summed E-state index contributed by atoms with van der Waals surface area (Å²) in [6.07, 6.45) is 5.74. The Balaban J connectivity index is 2.35. The van der Waals surface area contributed by atoms with Crippen LogP contribution in [-0.4, -0.2) is 12.1 Å². The Labute approximate surface area is 83.3 Å². The summed E-state index contributed by atoms with van der Waals surface area (Å²) >= 11 is 0. The molecule has 0 unspecified atom stereocenters. The van der Waals surface area contributed by atoms with Crippen LogP contribution >= 0.6 is 0 Å². The van der Waals surface area contributed by atoms with E-state index in [1.807, 2.05) is 0 Å². The van der Waals surface area contributed by atoms with E-state index in [1.54, 1.807) is 0 Å². The van der Waals surface area contributed by atoms with E-state index >= 15 is 0 Å². The van der Waals surface area contributed by atoms with Gasteiger partial charge in [-0.15, -0.1) is 0 Å². The van der Waals surface area contributed by atoms with Crippen molar-refractivity contribution in [1.82, 2.24) is 5.32 Å². The van der Waals surface area contributed by atoms with Gasteiger partial charge in [-0.2, -0.15) is 0 Å². The van der Waals surface area contributed by atoms with Gasteiger partial charge in [0.25, 0.3) is 0 Å². The van der Waals surface area contributed by atoms with Gasteiger partial charge in [-0.1, -0.05) is 26.7 Å². The van der Waals surface area contributed by atoms with Crippen molar-refractivity contribution in [1.29, 1.82) is 0 Å². The van der Waals surface area contributed by atoms with E-state index in [-0.39, 0.29) is 0 Å². The number of hydrogen-bond acceptors (Lipinski definition) is 1. The molecule has 0 aromatic rings. The SMILES string of the molecule is CC(C)CNC(C)(C)C1CCCC1. The lowest BCUT2D eigenvalue weighted by atomic mass is 9.86. The van der Waals surface area contributed by atoms with Crippen molar-refractivity contribution in [2.45, 2.75) is 58.9 Å². The minimum atomic E-state index is 0.362. The highest BCUT2D eigenvalue weighted by Crippen LogP contribution is 2.33. The lowest BCUT2D eigenvalue weighted by Gasteiger charge is -2.33. The highest BCUT2D eigenvalue weighted by molar-refractivity contribution is 4.88. The zero-order valence-electron chi connectivity index (χ0n) is 9.69. The second kappa shape index (κ2) is 4.45. The standard InChI is InChI=1S/C12H25N/c1-10(2)9-13-12(3,4)11-7-5-6-8-11/h10-11,13H,5-9H2,1-4H3. The molecule has 78 valence electrons. The van der Waals surface area contributed by atoms with Gasteiger partial charge in [0, 0.05) is 5.54 Å². The van der Waals surface area contributed by atoms with Gasteiger partial charge >= 0.3 is 0 Å². The molecule has 1 saturated carbocycles. The Morgan fingerprint density at radius 3 is 2.23 bits per heavy atom. The molecule has 0 aromatic carbocycles. The van der Waals surface area contributed by atoms with Crippen molar-refractivity contribution in [2.75, 3.05) is 6.54 Å². The molecule has 0 bridgehead atoms.